The zero-order chi connectivity index (χ0) is 13.1. The van der Waals surface area contributed by atoms with E-state index in [0.717, 1.165) is 0 Å². The van der Waals surface area contributed by atoms with Crippen molar-refractivity contribution >= 4 is 35.5 Å². The van der Waals surface area contributed by atoms with Crippen LogP contribution in [0.2, 0.25) is 0 Å². The molecule has 3 N–H and O–H groups in total. The third-order valence-electron chi connectivity index (χ3n) is 1.82. The van der Waals surface area contributed by atoms with E-state index in [4.69, 9.17) is 10.3 Å². The summed E-state index contributed by atoms with van der Waals surface area (Å²) >= 11 is 0. The first kappa shape index (κ1) is 14.3. The van der Waals surface area contributed by atoms with E-state index in [1.54, 1.807) is 0 Å². The molecule has 0 saturated carbocycles. The first-order chi connectivity index (χ1) is 7.71. The highest BCUT2D eigenvalue weighted by atomic mass is 33.1. The van der Waals surface area contributed by atoms with Gasteiger partial charge in [-0.25, -0.2) is 8.42 Å². The second-order valence-corrected chi connectivity index (χ2v) is 8.72. The standard InChI is InChI=1S/C8H11NO5S3/c9-7-1-3-8(4-2-7)16(10,11)6-5-15-17(12,13)14/h1-4H,5-6,9H2,(H,12,13,14). The van der Waals surface area contributed by atoms with E-state index in [2.05, 4.69) is 0 Å². The Hall–Kier alpha value is -0.770. The second-order valence-electron chi connectivity index (χ2n) is 3.14. The number of nitrogen functional groups attached to an aromatic ring is 1. The highest BCUT2D eigenvalue weighted by Gasteiger charge is 2.16. The lowest BCUT2D eigenvalue weighted by molar-refractivity contribution is 0.503. The van der Waals surface area contributed by atoms with Crippen LogP contribution in [-0.4, -0.2) is 32.9 Å². The van der Waals surface area contributed by atoms with Crippen molar-refractivity contribution in [2.45, 2.75) is 4.90 Å². The fraction of sp³-hybridized carbons (Fsp3) is 0.250. The molecule has 17 heavy (non-hydrogen) atoms. The molecule has 0 radical (unpaired) electrons. The highest BCUT2D eigenvalue weighted by Crippen LogP contribution is 2.16. The van der Waals surface area contributed by atoms with E-state index in [1.165, 1.54) is 24.3 Å². The number of anilines is 1. The van der Waals surface area contributed by atoms with Crippen molar-refractivity contribution in [3.8, 4) is 0 Å². The van der Waals surface area contributed by atoms with Crippen LogP contribution in [0.5, 0.6) is 0 Å². The molecule has 0 saturated heterocycles. The van der Waals surface area contributed by atoms with Crippen LogP contribution in [0.15, 0.2) is 29.2 Å². The fourth-order valence-corrected chi connectivity index (χ4v) is 4.43. The zero-order valence-electron chi connectivity index (χ0n) is 8.61. The Morgan fingerprint density at radius 3 is 2.12 bits per heavy atom. The molecule has 0 bridgehead atoms. The molecule has 0 spiro atoms. The van der Waals surface area contributed by atoms with Gasteiger partial charge in [0.25, 0.3) is 0 Å². The molecule has 1 aromatic carbocycles. The average Bonchev–Trinajstić information content (AvgIpc) is 2.15. The number of benzene rings is 1. The molecule has 0 unspecified atom stereocenters. The Labute approximate surface area is 103 Å². The molecular formula is C8H11NO5S3. The van der Waals surface area contributed by atoms with Gasteiger partial charge >= 0.3 is 9.15 Å². The van der Waals surface area contributed by atoms with Gasteiger partial charge in [0.05, 0.1) is 10.6 Å². The van der Waals surface area contributed by atoms with Gasteiger partial charge in [-0.15, -0.1) is 0 Å². The van der Waals surface area contributed by atoms with Crippen molar-refractivity contribution in [1.82, 2.24) is 0 Å². The number of rotatable bonds is 5. The van der Waals surface area contributed by atoms with Crippen molar-refractivity contribution in [3.05, 3.63) is 24.3 Å². The summed E-state index contributed by atoms with van der Waals surface area (Å²) in [6, 6.07) is 5.59. The summed E-state index contributed by atoms with van der Waals surface area (Å²) in [5.41, 5.74) is 5.86. The van der Waals surface area contributed by atoms with Gasteiger partial charge < -0.3 is 5.73 Å². The Balaban J connectivity index is 2.73. The predicted molar refractivity (Wildman–Crippen MR) is 66.9 cm³/mol. The first-order valence-corrected chi connectivity index (χ1v) is 9.00. The summed E-state index contributed by atoms with van der Waals surface area (Å²) in [6.07, 6.45) is 0. The van der Waals surface area contributed by atoms with E-state index in [1.807, 2.05) is 0 Å². The van der Waals surface area contributed by atoms with Gasteiger partial charge in [-0.2, -0.15) is 8.42 Å². The van der Waals surface area contributed by atoms with Crippen LogP contribution in [0, 0.1) is 0 Å². The summed E-state index contributed by atoms with van der Waals surface area (Å²) in [6.45, 7) is 0. The molecule has 0 atom stereocenters. The van der Waals surface area contributed by atoms with Crippen LogP contribution >= 0.6 is 10.8 Å². The largest absolute Gasteiger partial charge is 0.399 e. The maximum atomic E-state index is 11.7. The van der Waals surface area contributed by atoms with E-state index in [9.17, 15) is 16.8 Å². The van der Waals surface area contributed by atoms with Crippen LogP contribution in [-0.2, 0) is 19.0 Å². The average molecular weight is 297 g/mol. The number of nitrogens with two attached hydrogens (primary N) is 1. The zero-order valence-corrected chi connectivity index (χ0v) is 11.1. The fourth-order valence-electron chi connectivity index (χ4n) is 1.04. The Bertz CT molecular complexity index is 576. The van der Waals surface area contributed by atoms with Crippen molar-refractivity contribution in [2.24, 2.45) is 0 Å². The summed E-state index contributed by atoms with van der Waals surface area (Å²) in [4.78, 5) is 0.0719. The normalized spacial score (nSPS) is 12.5. The minimum absolute atomic E-state index is 0.0719. The van der Waals surface area contributed by atoms with Crippen molar-refractivity contribution in [1.29, 1.82) is 0 Å². The van der Waals surface area contributed by atoms with E-state index >= 15 is 0 Å². The van der Waals surface area contributed by atoms with Crippen molar-refractivity contribution in [2.75, 3.05) is 17.2 Å². The van der Waals surface area contributed by atoms with Crippen molar-refractivity contribution in [3.63, 3.8) is 0 Å². The third-order valence-corrected chi connectivity index (χ3v) is 5.88. The molecule has 0 fully saturated rings. The molecule has 0 amide bonds. The summed E-state index contributed by atoms with van der Waals surface area (Å²) in [7, 11) is -7.57. The maximum Gasteiger partial charge on any atom is 0.319 e. The smallest absolute Gasteiger partial charge is 0.319 e. The minimum atomic E-state index is -4.20. The molecule has 6 nitrogen and oxygen atoms in total. The van der Waals surface area contributed by atoms with Crippen LogP contribution in [0.1, 0.15) is 0 Å². The van der Waals surface area contributed by atoms with Gasteiger partial charge in [-0.3, -0.25) is 4.55 Å². The highest BCUT2D eigenvalue weighted by molar-refractivity contribution is 8.70. The molecule has 0 aliphatic rings. The lowest BCUT2D eigenvalue weighted by Crippen LogP contribution is -2.10. The van der Waals surface area contributed by atoms with Crippen LogP contribution in [0.4, 0.5) is 5.69 Å². The quantitative estimate of drug-likeness (QED) is 0.464. The number of hydrogen-bond acceptors (Lipinski definition) is 6. The number of hydrogen-bond donors (Lipinski definition) is 2. The predicted octanol–water partition coefficient (Wildman–Crippen LogP) is 0.579. The van der Waals surface area contributed by atoms with Gasteiger partial charge in [-0.1, -0.05) is 0 Å². The first-order valence-electron chi connectivity index (χ1n) is 4.41. The molecule has 0 aromatic heterocycles. The lowest BCUT2D eigenvalue weighted by atomic mass is 10.3. The molecule has 96 valence electrons. The Kier molecular flexibility index (Phi) is 4.42. The van der Waals surface area contributed by atoms with Crippen LogP contribution in [0.3, 0.4) is 0 Å². The molecule has 0 heterocycles. The molecule has 9 heteroatoms. The van der Waals surface area contributed by atoms with Crippen LogP contribution in [0.25, 0.3) is 0 Å². The van der Waals surface area contributed by atoms with Gasteiger partial charge in [0.2, 0.25) is 0 Å². The Morgan fingerprint density at radius 1 is 1.12 bits per heavy atom. The van der Waals surface area contributed by atoms with Gasteiger partial charge in [0.1, 0.15) is 0 Å². The topological polar surface area (TPSA) is 115 Å². The van der Waals surface area contributed by atoms with E-state index in [-0.39, 0.29) is 27.2 Å². The van der Waals surface area contributed by atoms with Gasteiger partial charge in [0.15, 0.2) is 9.84 Å². The van der Waals surface area contributed by atoms with Gasteiger partial charge in [-0.05, 0) is 35.1 Å². The molecule has 1 aromatic rings. The molecule has 0 aliphatic heterocycles. The Morgan fingerprint density at radius 2 is 1.65 bits per heavy atom. The summed E-state index contributed by atoms with van der Waals surface area (Å²) in [5, 5.41) is 0. The van der Waals surface area contributed by atoms with Crippen molar-refractivity contribution < 1.29 is 21.4 Å². The minimum Gasteiger partial charge on any atom is -0.399 e. The van der Waals surface area contributed by atoms with Crippen LogP contribution < -0.4 is 5.73 Å². The monoisotopic (exact) mass is 297 g/mol. The molecule has 1 rings (SSSR count). The molecule has 0 aliphatic carbocycles. The molecular weight excluding hydrogens is 286 g/mol. The van der Waals surface area contributed by atoms with E-state index in [0.29, 0.717) is 5.69 Å². The maximum absolute atomic E-state index is 11.7. The SMILES string of the molecule is Nc1ccc(S(=O)(=O)CCSS(=O)(=O)O)cc1. The second kappa shape index (κ2) is 5.25. The van der Waals surface area contributed by atoms with E-state index < -0.39 is 19.0 Å². The summed E-state index contributed by atoms with van der Waals surface area (Å²) < 4.78 is 52.7. The lowest BCUT2D eigenvalue weighted by Gasteiger charge is -2.03. The number of sulfone groups is 1. The van der Waals surface area contributed by atoms with Gasteiger partial charge in [0, 0.05) is 11.4 Å². The third kappa shape index (κ3) is 4.94. The summed E-state index contributed by atoms with van der Waals surface area (Å²) in [5.74, 6) is -0.604.